The molecule has 0 radical (unpaired) electrons. The molecule has 2 aromatic rings. The highest BCUT2D eigenvalue weighted by Gasteiger charge is 2.26. The Morgan fingerprint density at radius 2 is 2.05 bits per heavy atom. The number of hydrogen-bond donors (Lipinski definition) is 0. The first kappa shape index (κ1) is 13.9. The molecule has 3 rings (SSSR count). The number of allylic oxidation sites excluding steroid dienone is 1. The Hall–Kier alpha value is -2.03. The Morgan fingerprint density at radius 1 is 1.24 bits per heavy atom. The smallest absolute Gasteiger partial charge is 0.254 e. The Balaban J connectivity index is 1.90. The normalized spacial score (nSPS) is 18.0. The van der Waals surface area contributed by atoms with E-state index < -0.39 is 0 Å². The topological polar surface area (TPSA) is 33.5 Å². The summed E-state index contributed by atoms with van der Waals surface area (Å²) in [5, 5.41) is 0.989. The summed E-state index contributed by atoms with van der Waals surface area (Å²) in [4.78, 5) is 14.7. The Bertz CT molecular complexity index is 709. The first-order chi connectivity index (χ1) is 9.94. The van der Waals surface area contributed by atoms with Crippen molar-refractivity contribution in [1.29, 1.82) is 0 Å². The third kappa shape index (κ3) is 2.87. The molecule has 1 amide bonds. The largest absolute Gasteiger partial charge is 0.461 e. The molecule has 3 heteroatoms. The van der Waals surface area contributed by atoms with Crippen LogP contribution in [-0.4, -0.2) is 23.9 Å². The van der Waals surface area contributed by atoms with Gasteiger partial charge in [0.1, 0.15) is 11.3 Å². The van der Waals surface area contributed by atoms with Gasteiger partial charge in [0.05, 0.1) is 0 Å². The van der Waals surface area contributed by atoms with Gasteiger partial charge in [0, 0.05) is 24.0 Å². The molecule has 0 aliphatic carbocycles. The molecular weight excluding hydrogens is 262 g/mol. The summed E-state index contributed by atoms with van der Waals surface area (Å²) in [6.45, 7) is 7.78. The molecule has 2 heterocycles. The predicted octanol–water partition coefficient (Wildman–Crippen LogP) is 4.17. The van der Waals surface area contributed by atoms with Crippen molar-refractivity contribution in [3.8, 4) is 0 Å². The molecule has 3 nitrogen and oxygen atoms in total. The number of carbonyl (C=O) groups is 1. The fraction of sp³-hybridized carbons (Fsp3) is 0.389. The monoisotopic (exact) mass is 283 g/mol. The van der Waals surface area contributed by atoms with Crippen molar-refractivity contribution in [2.45, 2.75) is 27.2 Å². The van der Waals surface area contributed by atoms with E-state index in [0.29, 0.717) is 6.54 Å². The number of hydrogen-bond acceptors (Lipinski definition) is 2. The van der Waals surface area contributed by atoms with Crippen molar-refractivity contribution in [3.05, 3.63) is 47.7 Å². The van der Waals surface area contributed by atoms with E-state index in [9.17, 15) is 4.79 Å². The maximum absolute atomic E-state index is 12.8. The Morgan fingerprint density at radius 3 is 2.86 bits per heavy atom. The van der Waals surface area contributed by atoms with Gasteiger partial charge in [-0.2, -0.15) is 0 Å². The summed E-state index contributed by atoms with van der Waals surface area (Å²) in [7, 11) is 0. The fourth-order valence-electron chi connectivity index (χ4n) is 2.90. The summed E-state index contributed by atoms with van der Waals surface area (Å²) in [6.07, 6.45) is 5.28. The van der Waals surface area contributed by atoms with Crippen LogP contribution in [0.3, 0.4) is 0 Å². The summed E-state index contributed by atoms with van der Waals surface area (Å²) >= 11 is 0. The lowest BCUT2D eigenvalue weighted by molar-refractivity contribution is 0.0717. The molecule has 0 unspecified atom stereocenters. The molecule has 1 aromatic carbocycles. The van der Waals surface area contributed by atoms with Crippen molar-refractivity contribution < 1.29 is 9.21 Å². The molecule has 0 saturated carbocycles. The average Bonchev–Trinajstić information content (AvgIpc) is 2.69. The van der Waals surface area contributed by atoms with E-state index in [2.05, 4.69) is 26.0 Å². The van der Waals surface area contributed by atoms with Gasteiger partial charge in [0.2, 0.25) is 0 Å². The highest BCUT2D eigenvalue weighted by molar-refractivity contribution is 5.98. The summed E-state index contributed by atoms with van der Waals surface area (Å²) in [5.41, 5.74) is 1.69. The van der Waals surface area contributed by atoms with Gasteiger partial charge < -0.3 is 9.32 Å². The quantitative estimate of drug-likeness (QED) is 0.736. The number of benzene rings is 1. The van der Waals surface area contributed by atoms with Crippen molar-refractivity contribution in [2.75, 3.05) is 13.1 Å². The van der Waals surface area contributed by atoms with Crippen molar-refractivity contribution in [1.82, 2.24) is 4.90 Å². The Kier molecular flexibility index (Phi) is 3.36. The van der Waals surface area contributed by atoms with Gasteiger partial charge in [-0.05, 0) is 43.0 Å². The van der Waals surface area contributed by atoms with Gasteiger partial charge in [-0.1, -0.05) is 26.0 Å². The van der Waals surface area contributed by atoms with E-state index in [0.717, 1.165) is 35.3 Å². The van der Waals surface area contributed by atoms with Crippen molar-refractivity contribution in [3.63, 3.8) is 0 Å². The molecule has 0 bridgehead atoms. The maximum Gasteiger partial charge on any atom is 0.254 e. The summed E-state index contributed by atoms with van der Waals surface area (Å²) in [5.74, 6) is 0.962. The lowest BCUT2D eigenvalue weighted by Crippen LogP contribution is -2.37. The number of amides is 1. The zero-order valence-electron chi connectivity index (χ0n) is 12.8. The van der Waals surface area contributed by atoms with Gasteiger partial charge in [0.15, 0.2) is 0 Å². The highest BCUT2D eigenvalue weighted by Crippen LogP contribution is 2.26. The van der Waals surface area contributed by atoms with E-state index in [1.54, 1.807) is 0 Å². The van der Waals surface area contributed by atoms with E-state index >= 15 is 0 Å². The van der Waals surface area contributed by atoms with Crippen molar-refractivity contribution >= 4 is 16.9 Å². The molecule has 0 spiro atoms. The van der Waals surface area contributed by atoms with Gasteiger partial charge >= 0.3 is 0 Å². The van der Waals surface area contributed by atoms with E-state index in [-0.39, 0.29) is 11.3 Å². The first-order valence-corrected chi connectivity index (χ1v) is 7.39. The molecule has 0 fully saturated rings. The molecule has 0 saturated heterocycles. The molecule has 0 N–H and O–H groups in total. The second-order valence-corrected chi connectivity index (χ2v) is 6.64. The zero-order valence-corrected chi connectivity index (χ0v) is 12.8. The minimum Gasteiger partial charge on any atom is -0.461 e. The lowest BCUT2D eigenvalue weighted by atomic mass is 9.89. The number of nitrogens with zero attached hydrogens (tertiary/aromatic N) is 1. The number of fused-ring (bicyclic) bond motifs is 1. The molecule has 1 aliphatic rings. The summed E-state index contributed by atoms with van der Waals surface area (Å²) < 4.78 is 5.57. The number of carbonyl (C=O) groups excluding carboxylic acids is 1. The third-order valence-electron chi connectivity index (χ3n) is 3.96. The van der Waals surface area contributed by atoms with Crippen molar-refractivity contribution in [2.24, 2.45) is 5.41 Å². The van der Waals surface area contributed by atoms with Gasteiger partial charge in [-0.25, -0.2) is 0 Å². The van der Waals surface area contributed by atoms with Gasteiger partial charge in [-0.15, -0.1) is 0 Å². The number of rotatable bonds is 1. The minimum absolute atomic E-state index is 0.0929. The first-order valence-electron chi connectivity index (χ1n) is 7.39. The summed E-state index contributed by atoms with van der Waals surface area (Å²) in [6, 6.07) is 7.64. The van der Waals surface area contributed by atoms with Crippen LogP contribution in [0, 0.1) is 12.3 Å². The predicted molar refractivity (Wildman–Crippen MR) is 84.4 cm³/mol. The second kappa shape index (κ2) is 5.06. The van der Waals surface area contributed by atoms with E-state index in [1.165, 1.54) is 0 Å². The lowest BCUT2D eigenvalue weighted by Gasteiger charge is -2.29. The van der Waals surface area contributed by atoms with Crippen LogP contribution >= 0.6 is 0 Å². The van der Waals surface area contributed by atoms with Crippen LogP contribution in [0.15, 0.2) is 40.8 Å². The molecule has 21 heavy (non-hydrogen) atoms. The van der Waals surface area contributed by atoms with Crippen LogP contribution in [0.1, 0.15) is 36.4 Å². The van der Waals surface area contributed by atoms with Crippen LogP contribution in [0.4, 0.5) is 0 Å². The van der Waals surface area contributed by atoms with Crippen LogP contribution in [0.25, 0.3) is 11.0 Å². The molecule has 110 valence electrons. The fourth-order valence-corrected chi connectivity index (χ4v) is 2.90. The van der Waals surface area contributed by atoms with E-state index in [1.807, 2.05) is 36.1 Å². The number of aryl methyl sites for hydroxylation is 1. The van der Waals surface area contributed by atoms with Crippen LogP contribution < -0.4 is 0 Å². The maximum atomic E-state index is 12.8. The van der Waals surface area contributed by atoms with Crippen LogP contribution in [-0.2, 0) is 0 Å². The van der Waals surface area contributed by atoms with Gasteiger partial charge in [0.25, 0.3) is 5.91 Å². The van der Waals surface area contributed by atoms with Gasteiger partial charge in [-0.3, -0.25) is 4.79 Å². The molecule has 1 aromatic heterocycles. The minimum atomic E-state index is 0.0929. The SMILES string of the molecule is Cc1cc2cc(C(=O)N3CC=CCC(C)(C)C3)ccc2o1. The molecule has 0 atom stereocenters. The molecule has 1 aliphatic heterocycles. The van der Waals surface area contributed by atoms with Crippen LogP contribution in [0.2, 0.25) is 0 Å². The number of furan rings is 1. The molecular formula is C18H21NO2. The second-order valence-electron chi connectivity index (χ2n) is 6.64. The standard InChI is InChI=1S/C18H21NO2/c1-13-10-15-11-14(6-7-16(15)21-13)17(20)19-9-5-4-8-18(2,3)12-19/h4-7,10-11H,8-9,12H2,1-3H3. The van der Waals surface area contributed by atoms with E-state index in [4.69, 9.17) is 4.42 Å². The highest BCUT2D eigenvalue weighted by atomic mass is 16.3. The average molecular weight is 283 g/mol. The zero-order chi connectivity index (χ0) is 15.0. The Labute approximate surface area is 125 Å². The third-order valence-corrected chi connectivity index (χ3v) is 3.96. The van der Waals surface area contributed by atoms with Crippen LogP contribution in [0.5, 0.6) is 0 Å².